The zero-order chi connectivity index (χ0) is 20.8. The molecule has 1 fully saturated rings. The molecule has 0 unspecified atom stereocenters. The van der Waals surface area contributed by atoms with Gasteiger partial charge in [-0.2, -0.15) is 0 Å². The number of hydrogen-bond donors (Lipinski definition) is 1. The lowest BCUT2D eigenvalue weighted by Gasteiger charge is -2.28. The molecule has 1 N–H and O–H groups in total. The van der Waals surface area contributed by atoms with E-state index < -0.39 is 4.92 Å². The molecule has 2 aromatic rings. The molecule has 1 heterocycles. The number of anilines is 2. The lowest BCUT2D eigenvalue weighted by molar-refractivity contribution is -0.384. The van der Waals surface area contributed by atoms with Gasteiger partial charge in [-0.3, -0.25) is 14.9 Å². The summed E-state index contributed by atoms with van der Waals surface area (Å²) in [5.74, 6) is 0.356. The third-order valence-corrected chi connectivity index (χ3v) is 4.81. The Hall–Kier alpha value is -3.13. The smallest absolute Gasteiger partial charge is 0.294 e. The van der Waals surface area contributed by atoms with Crippen LogP contribution in [-0.2, 0) is 4.74 Å². The third-order valence-electron chi connectivity index (χ3n) is 4.81. The molecule has 154 valence electrons. The highest BCUT2D eigenvalue weighted by atomic mass is 16.6. The molecule has 0 radical (unpaired) electrons. The van der Waals surface area contributed by atoms with E-state index in [-0.39, 0.29) is 17.7 Å². The van der Waals surface area contributed by atoms with Crippen molar-refractivity contribution in [3.05, 3.63) is 58.1 Å². The predicted octanol–water partition coefficient (Wildman–Crippen LogP) is 3.86. The lowest BCUT2D eigenvalue weighted by Crippen LogP contribution is -2.36. The summed E-state index contributed by atoms with van der Waals surface area (Å²) >= 11 is 0. The van der Waals surface area contributed by atoms with Gasteiger partial charge in [0.25, 0.3) is 11.6 Å². The maximum absolute atomic E-state index is 12.5. The normalized spacial score (nSPS) is 14.9. The lowest BCUT2D eigenvalue weighted by atomic mass is 10.1. The third kappa shape index (κ3) is 5.23. The van der Waals surface area contributed by atoms with E-state index >= 15 is 0 Å². The molecule has 0 spiro atoms. The summed E-state index contributed by atoms with van der Waals surface area (Å²) in [6, 6.07) is 11.6. The number of benzene rings is 2. The number of carbonyl (C=O) groups excluding carboxylic acids is 1. The average molecular weight is 399 g/mol. The molecule has 29 heavy (non-hydrogen) atoms. The molecule has 8 nitrogen and oxygen atoms in total. The van der Waals surface area contributed by atoms with Crippen LogP contribution in [-0.4, -0.2) is 43.2 Å². The van der Waals surface area contributed by atoms with E-state index in [4.69, 9.17) is 9.47 Å². The fourth-order valence-electron chi connectivity index (χ4n) is 3.02. The van der Waals surface area contributed by atoms with Crippen LogP contribution in [0, 0.1) is 10.1 Å². The fourth-order valence-corrected chi connectivity index (χ4v) is 3.02. The Labute approximate surface area is 169 Å². The van der Waals surface area contributed by atoms with Gasteiger partial charge in [0.05, 0.1) is 24.2 Å². The number of nitro benzene ring substituents is 1. The van der Waals surface area contributed by atoms with Crippen LogP contribution in [0.3, 0.4) is 0 Å². The van der Waals surface area contributed by atoms with Crippen LogP contribution in [0.15, 0.2) is 42.5 Å². The van der Waals surface area contributed by atoms with Gasteiger partial charge in [-0.1, -0.05) is 6.92 Å². The summed E-state index contributed by atoms with van der Waals surface area (Å²) in [5.41, 5.74) is 1.31. The van der Waals surface area contributed by atoms with Gasteiger partial charge < -0.3 is 19.7 Å². The van der Waals surface area contributed by atoms with Gasteiger partial charge in [0.1, 0.15) is 11.4 Å². The molecule has 1 atom stereocenters. The number of nitrogens with one attached hydrogen (secondary N) is 1. The SMILES string of the molecule is CC[C@H](C)Oc1ccc(C(=O)Nc2ccc(N3CCOCC3)c([N+](=O)[O-])c2)cc1. The van der Waals surface area contributed by atoms with E-state index in [1.54, 1.807) is 36.4 Å². The largest absolute Gasteiger partial charge is 0.491 e. The summed E-state index contributed by atoms with van der Waals surface area (Å²) < 4.78 is 11.0. The Morgan fingerprint density at radius 3 is 2.55 bits per heavy atom. The van der Waals surface area contributed by atoms with Crippen LogP contribution in [0.2, 0.25) is 0 Å². The first-order chi connectivity index (χ1) is 14.0. The monoisotopic (exact) mass is 399 g/mol. The highest BCUT2D eigenvalue weighted by Crippen LogP contribution is 2.32. The number of nitro groups is 1. The van der Waals surface area contributed by atoms with Crippen molar-refractivity contribution in [1.82, 2.24) is 0 Å². The van der Waals surface area contributed by atoms with Crippen LogP contribution < -0.4 is 15.0 Å². The van der Waals surface area contributed by atoms with E-state index in [2.05, 4.69) is 5.32 Å². The Kier molecular flexibility index (Phi) is 6.66. The molecule has 1 saturated heterocycles. The summed E-state index contributed by atoms with van der Waals surface area (Å²) in [6.45, 7) is 6.28. The summed E-state index contributed by atoms with van der Waals surface area (Å²) in [4.78, 5) is 25.6. The minimum Gasteiger partial charge on any atom is -0.491 e. The number of hydrogen-bond acceptors (Lipinski definition) is 6. The van der Waals surface area contributed by atoms with Gasteiger partial charge in [0.2, 0.25) is 0 Å². The second-order valence-corrected chi connectivity index (χ2v) is 6.88. The highest BCUT2D eigenvalue weighted by Gasteiger charge is 2.22. The van der Waals surface area contributed by atoms with Crippen LogP contribution in [0.5, 0.6) is 5.75 Å². The van der Waals surface area contributed by atoms with Crippen molar-refractivity contribution in [2.75, 3.05) is 36.5 Å². The second-order valence-electron chi connectivity index (χ2n) is 6.88. The van der Waals surface area contributed by atoms with E-state index in [0.29, 0.717) is 49.0 Å². The van der Waals surface area contributed by atoms with Crippen molar-refractivity contribution in [3.8, 4) is 5.75 Å². The number of nitrogens with zero attached hydrogens (tertiary/aromatic N) is 2. The van der Waals surface area contributed by atoms with Gasteiger partial charge in [0, 0.05) is 30.4 Å². The van der Waals surface area contributed by atoms with Crippen LogP contribution >= 0.6 is 0 Å². The molecule has 0 aliphatic carbocycles. The van der Waals surface area contributed by atoms with Crippen molar-refractivity contribution in [2.45, 2.75) is 26.4 Å². The number of carbonyl (C=O) groups is 1. The topological polar surface area (TPSA) is 93.9 Å². The summed E-state index contributed by atoms with van der Waals surface area (Å²) in [6.07, 6.45) is 0.988. The number of rotatable bonds is 7. The Morgan fingerprint density at radius 1 is 1.24 bits per heavy atom. The van der Waals surface area contributed by atoms with Gasteiger partial charge in [0.15, 0.2) is 0 Å². The van der Waals surface area contributed by atoms with Crippen molar-refractivity contribution in [3.63, 3.8) is 0 Å². The van der Waals surface area contributed by atoms with Crippen molar-refractivity contribution in [1.29, 1.82) is 0 Å². The molecule has 2 aromatic carbocycles. The number of morpholine rings is 1. The first kappa shape index (κ1) is 20.6. The van der Waals surface area contributed by atoms with E-state index in [0.717, 1.165) is 6.42 Å². The number of amides is 1. The number of ether oxygens (including phenoxy) is 2. The molecule has 8 heteroatoms. The zero-order valence-corrected chi connectivity index (χ0v) is 16.6. The first-order valence-corrected chi connectivity index (χ1v) is 9.67. The standard InChI is InChI=1S/C21H25N3O5/c1-3-15(2)29-18-7-4-16(5-8-18)21(25)22-17-6-9-19(20(14-17)24(26)27)23-10-12-28-13-11-23/h4-9,14-15H,3,10-13H2,1-2H3,(H,22,25)/t15-/m0/s1. The maximum atomic E-state index is 12.5. The average Bonchev–Trinajstić information content (AvgIpc) is 2.74. The Bertz CT molecular complexity index is 863. The fraction of sp³-hybridized carbons (Fsp3) is 0.381. The minimum atomic E-state index is -0.429. The Morgan fingerprint density at radius 2 is 1.93 bits per heavy atom. The highest BCUT2D eigenvalue weighted by molar-refractivity contribution is 6.04. The molecule has 0 bridgehead atoms. The Balaban J connectivity index is 1.73. The molecule has 1 aliphatic rings. The second kappa shape index (κ2) is 9.38. The molecule has 3 rings (SSSR count). The maximum Gasteiger partial charge on any atom is 0.294 e. The van der Waals surface area contributed by atoms with Crippen LogP contribution in [0.1, 0.15) is 30.6 Å². The molecule has 1 amide bonds. The van der Waals surface area contributed by atoms with Crippen molar-refractivity contribution < 1.29 is 19.2 Å². The van der Waals surface area contributed by atoms with Gasteiger partial charge in [-0.05, 0) is 49.7 Å². The van der Waals surface area contributed by atoms with E-state index in [9.17, 15) is 14.9 Å². The summed E-state index contributed by atoms with van der Waals surface area (Å²) in [5, 5.41) is 14.3. The van der Waals surface area contributed by atoms with Crippen molar-refractivity contribution >= 4 is 23.0 Å². The molecular formula is C21H25N3O5. The first-order valence-electron chi connectivity index (χ1n) is 9.67. The van der Waals surface area contributed by atoms with Crippen molar-refractivity contribution in [2.24, 2.45) is 0 Å². The van der Waals surface area contributed by atoms with Gasteiger partial charge in [-0.15, -0.1) is 0 Å². The summed E-state index contributed by atoms with van der Waals surface area (Å²) in [7, 11) is 0. The van der Waals surface area contributed by atoms with E-state index in [1.165, 1.54) is 6.07 Å². The molecule has 1 aliphatic heterocycles. The van der Waals surface area contributed by atoms with E-state index in [1.807, 2.05) is 18.7 Å². The van der Waals surface area contributed by atoms with Crippen LogP contribution in [0.4, 0.5) is 17.1 Å². The van der Waals surface area contributed by atoms with Gasteiger partial charge >= 0.3 is 0 Å². The minimum absolute atomic E-state index is 0.0398. The predicted molar refractivity (Wildman–Crippen MR) is 111 cm³/mol. The quantitative estimate of drug-likeness (QED) is 0.561. The molecule has 0 saturated carbocycles. The van der Waals surface area contributed by atoms with Gasteiger partial charge in [-0.25, -0.2) is 0 Å². The molecule has 0 aromatic heterocycles. The molecular weight excluding hydrogens is 374 g/mol. The zero-order valence-electron chi connectivity index (χ0n) is 16.6. The van der Waals surface area contributed by atoms with Crippen LogP contribution in [0.25, 0.3) is 0 Å².